The number of carbonyl (C=O) groups is 1. The van der Waals surface area contributed by atoms with Gasteiger partial charge in [-0.3, -0.25) is 4.79 Å². The molecule has 1 aromatic rings. The quantitative estimate of drug-likeness (QED) is 0.752. The summed E-state index contributed by atoms with van der Waals surface area (Å²) in [4.78, 5) is 14.3. The Balaban J connectivity index is 1.64. The minimum absolute atomic E-state index is 0.234. The van der Waals surface area contributed by atoms with Crippen LogP contribution >= 0.6 is 0 Å². The van der Waals surface area contributed by atoms with Crippen LogP contribution in [0.5, 0.6) is 0 Å². The van der Waals surface area contributed by atoms with Crippen molar-refractivity contribution in [3.63, 3.8) is 0 Å². The van der Waals surface area contributed by atoms with Gasteiger partial charge in [0.15, 0.2) is 5.69 Å². The maximum atomic E-state index is 12.6. The molecular weight excluding hydrogens is 322 g/mol. The monoisotopic (exact) mass is 341 g/mol. The molecule has 3 aliphatic heterocycles. The third-order valence-electron chi connectivity index (χ3n) is 5.00. The number of morpholine rings is 1. The number of rotatable bonds is 2. The zero-order valence-corrected chi connectivity index (χ0v) is 13.9. The van der Waals surface area contributed by atoms with Crippen molar-refractivity contribution in [1.82, 2.24) is 14.4 Å². The van der Waals surface area contributed by atoms with E-state index in [-0.39, 0.29) is 24.2 Å². The first-order chi connectivity index (χ1) is 10.9. The molecule has 1 amide bonds. The molecule has 3 atom stereocenters. The third kappa shape index (κ3) is 2.06. The Kier molecular flexibility index (Phi) is 3.14. The summed E-state index contributed by atoms with van der Waals surface area (Å²) in [5, 5.41) is 3.21. The second-order valence-electron chi connectivity index (χ2n) is 6.51. The van der Waals surface area contributed by atoms with E-state index in [0.717, 1.165) is 0 Å². The summed E-state index contributed by atoms with van der Waals surface area (Å²) in [6.45, 7) is 4.94. The molecule has 23 heavy (non-hydrogen) atoms. The number of likely N-dealkylation sites (tertiary alicyclic amines) is 1. The Labute approximate surface area is 134 Å². The number of amides is 1. The molecule has 1 aromatic heterocycles. The Hall–Kier alpha value is -1.45. The number of likely N-dealkylation sites (N-methyl/N-ethyl adjacent to an activating group) is 1. The molecule has 0 aromatic carbocycles. The van der Waals surface area contributed by atoms with Crippen LogP contribution in [0.2, 0.25) is 0 Å². The van der Waals surface area contributed by atoms with Gasteiger partial charge in [0.1, 0.15) is 16.6 Å². The molecule has 3 aliphatic rings. The van der Waals surface area contributed by atoms with Crippen LogP contribution in [-0.2, 0) is 14.8 Å². The second-order valence-corrected chi connectivity index (χ2v) is 8.62. The molecule has 0 radical (unpaired) electrons. The van der Waals surface area contributed by atoms with E-state index >= 15 is 0 Å². The largest absolute Gasteiger partial charge is 0.365 e. The van der Waals surface area contributed by atoms with Gasteiger partial charge < -0.3 is 14.2 Å². The first-order valence-corrected chi connectivity index (χ1v) is 9.25. The van der Waals surface area contributed by atoms with Gasteiger partial charge in [-0.1, -0.05) is 12.1 Å². The summed E-state index contributed by atoms with van der Waals surface area (Å²) in [6, 6.07) is 1.60. The Morgan fingerprint density at radius 2 is 2.26 bits per heavy atom. The van der Waals surface area contributed by atoms with Crippen molar-refractivity contribution in [1.29, 1.82) is 0 Å². The number of ether oxygens (including phenoxy) is 1. The van der Waals surface area contributed by atoms with Crippen LogP contribution in [0.1, 0.15) is 29.6 Å². The maximum Gasteiger partial charge on any atom is 0.276 e. The normalized spacial score (nSPS) is 35.5. The van der Waals surface area contributed by atoms with Crippen molar-refractivity contribution < 1.29 is 22.5 Å². The number of nitrogens with zero attached hydrogens (tertiary/aromatic N) is 3. The molecule has 0 unspecified atom stereocenters. The standard InChI is InChI=1S/C14H19N3O5S/c1-3-17-8-14-7-16(13(18)11-4-9(2)22-15-11)6-10(21-14)5-12(14)23(17,19)20/h4,10,12H,3,5-8H2,1-2H3/t10-,12-,14-/m1/s1. The highest BCUT2D eigenvalue weighted by Crippen LogP contribution is 2.46. The zero-order chi connectivity index (χ0) is 16.4. The van der Waals surface area contributed by atoms with Crippen LogP contribution < -0.4 is 0 Å². The molecule has 9 heteroatoms. The number of sulfonamides is 1. The smallest absolute Gasteiger partial charge is 0.276 e. The minimum Gasteiger partial charge on any atom is -0.365 e. The maximum absolute atomic E-state index is 12.6. The van der Waals surface area contributed by atoms with Crippen molar-refractivity contribution in [2.45, 2.75) is 37.2 Å². The number of aromatic nitrogens is 1. The molecule has 2 bridgehead atoms. The number of aryl methyl sites for hydroxylation is 1. The average Bonchev–Trinajstić information content (AvgIpc) is 3.10. The SMILES string of the molecule is CCN1C[C@]23CN(C(=O)c4cc(C)on4)C[C@@H](C[C@H]2S1(=O)=O)O3. The van der Waals surface area contributed by atoms with Crippen LogP contribution in [0.3, 0.4) is 0 Å². The van der Waals surface area contributed by atoms with Crippen LogP contribution in [0, 0.1) is 6.92 Å². The van der Waals surface area contributed by atoms with Gasteiger partial charge in [0, 0.05) is 25.7 Å². The molecule has 4 rings (SSSR count). The lowest BCUT2D eigenvalue weighted by molar-refractivity contribution is -0.0976. The van der Waals surface area contributed by atoms with Crippen LogP contribution in [-0.4, -0.2) is 71.8 Å². The zero-order valence-electron chi connectivity index (χ0n) is 13.1. The van der Waals surface area contributed by atoms with Crippen molar-refractivity contribution in [2.75, 3.05) is 26.2 Å². The second kappa shape index (κ2) is 4.78. The molecule has 126 valence electrons. The van der Waals surface area contributed by atoms with Crippen LogP contribution in [0.4, 0.5) is 0 Å². The van der Waals surface area contributed by atoms with E-state index in [1.807, 2.05) is 6.92 Å². The van der Waals surface area contributed by atoms with E-state index in [0.29, 0.717) is 31.8 Å². The molecule has 1 spiro atoms. The fourth-order valence-electron chi connectivity index (χ4n) is 4.02. The molecule has 3 saturated heterocycles. The van der Waals surface area contributed by atoms with Crippen LogP contribution in [0.25, 0.3) is 0 Å². The molecular formula is C14H19N3O5S. The summed E-state index contributed by atoms with van der Waals surface area (Å²) in [5.41, 5.74) is -0.559. The lowest BCUT2D eigenvalue weighted by atomic mass is 9.99. The minimum atomic E-state index is -3.35. The van der Waals surface area contributed by atoms with Gasteiger partial charge in [0.05, 0.1) is 12.6 Å². The van der Waals surface area contributed by atoms with Crippen molar-refractivity contribution in [2.24, 2.45) is 0 Å². The van der Waals surface area contributed by atoms with Crippen molar-refractivity contribution in [3.8, 4) is 0 Å². The van der Waals surface area contributed by atoms with E-state index in [4.69, 9.17) is 9.26 Å². The predicted molar refractivity (Wildman–Crippen MR) is 79.3 cm³/mol. The van der Waals surface area contributed by atoms with E-state index in [1.54, 1.807) is 17.9 Å². The van der Waals surface area contributed by atoms with Crippen LogP contribution in [0.15, 0.2) is 10.6 Å². The average molecular weight is 341 g/mol. The molecule has 4 heterocycles. The van der Waals surface area contributed by atoms with Crippen molar-refractivity contribution >= 4 is 15.9 Å². The molecule has 8 nitrogen and oxygen atoms in total. The summed E-state index contributed by atoms with van der Waals surface area (Å²) >= 11 is 0. The highest BCUT2D eigenvalue weighted by Gasteiger charge is 2.65. The molecule has 0 aliphatic carbocycles. The van der Waals surface area contributed by atoms with Gasteiger partial charge in [-0.05, 0) is 13.3 Å². The van der Waals surface area contributed by atoms with E-state index in [9.17, 15) is 13.2 Å². The number of fused-ring (bicyclic) bond motifs is 1. The highest BCUT2D eigenvalue weighted by molar-refractivity contribution is 7.90. The van der Waals surface area contributed by atoms with Gasteiger partial charge in [-0.15, -0.1) is 0 Å². The fraction of sp³-hybridized carbons (Fsp3) is 0.714. The molecule has 3 fully saturated rings. The Morgan fingerprint density at radius 3 is 2.91 bits per heavy atom. The lowest BCUT2D eigenvalue weighted by Gasteiger charge is -2.39. The number of hydrogen-bond acceptors (Lipinski definition) is 6. The first-order valence-electron chi connectivity index (χ1n) is 7.75. The van der Waals surface area contributed by atoms with Gasteiger partial charge in [-0.25, -0.2) is 8.42 Å². The van der Waals surface area contributed by atoms with Gasteiger partial charge in [0.2, 0.25) is 10.0 Å². The summed E-state index contributed by atoms with van der Waals surface area (Å²) < 4.78 is 37.7. The van der Waals surface area contributed by atoms with Gasteiger partial charge >= 0.3 is 0 Å². The Bertz CT molecular complexity index is 760. The Morgan fingerprint density at radius 1 is 1.48 bits per heavy atom. The first kappa shape index (κ1) is 15.1. The van der Waals surface area contributed by atoms with Gasteiger partial charge in [0.25, 0.3) is 5.91 Å². The third-order valence-corrected chi connectivity index (χ3v) is 7.45. The summed E-state index contributed by atoms with van der Waals surface area (Å²) in [7, 11) is -3.35. The fourth-order valence-corrected chi connectivity index (χ4v) is 6.34. The van der Waals surface area contributed by atoms with Crippen molar-refractivity contribution in [3.05, 3.63) is 17.5 Å². The highest BCUT2D eigenvalue weighted by atomic mass is 32.2. The predicted octanol–water partition coefficient (Wildman–Crippen LogP) is 0.000420. The molecule has 0 N–H and O–H groups in total. The topological polar surface area (TPSA) is 93.0 Å². The summed E-state index contributed by atoms with van der Waals surface area (Å²) in [6.07, 6.45) is 0.208. The molecule has 0 saturated carbocycles. The summed E-state index contributed by atoms with van der Waals surface area (Å²) in [5.74, 6) is 0.337. The van der Waals surface area contributed by atoms with Gasteiger partial charge in [-0.2, -0.15) is 4.31 Å². The van der Waals surface area contributed by atoms with E-state index in [2.05, 4.69) is 5.16 Å². The van der Waals surface area contributed by atoms with E-state index < -0.39 is 20.9 Å². The number of carbonyl (C=O) groups excluding carboxylic acids is 1. The van der Waals surface area contributed by atoms with E-state index in [1.165, 1.54) is 4.31 Å². The lowest BCUT2D eigenvalue weighted by Crippen LogP contribution is -2.56. The number of hydrogen-bond donors (Lipinski definition) is 0.